The zero-order valence-electron chi connectivity index (χ0n) is 10.0. The zero-order chi connectivity index (χ0) is 11.4. The summed E-state index contributed by atoms with van der Waals surface area (Å²) in [6.45, 7) is 6.42. The predicted octanol–water partition coefficient (Wildman–Crippen LogP) is 2.37. The van der Waals surface area contributed by atoms with Crippen molar-refractivity contribution in [2.45, 2.75) is 26.7 Å². The number of hydrogen-bond acceptors (Lipinski definition) is 4. The number of nitrogens with zero attached hydrogens (tertiary/aromatic N) is 2. The van der Waals surface area contributed by atoms with Crippen molar-refractivity contribution in [3.8, 4) is 0 Å². The molecule has 2 N–H and O–H groups in total. The highest BCUT2D eigenvalue weighted by Crippen LogP contribution is 2.37. The topological polar surface area (TPSA) is 49.8 Å². The summed E-state index contributed by atoms with van der Waals surface area (Å²) in [5.74, 6) is 3.55. The highest BCUT2D eigenvalue weighted by atomic mass is 15.1. The molecule has 1 saturated carbocycles. The SMILES string of the molecule is CCCNc1cc(NCC2CC2C)ncn1. The van der Waals surface area contributed by atoms with Gasteiger partial charge >= 0.3 is 0 Å². The number of nitrogens with one attached hydrogen (secondary N) is 2. The maximum atomic E-state index is 4.21. The number of anilines is 2. The van der Waals surface area contributed by atoms with E-state index in [2.05, 4.69) is 34.4 Å². The molecule has 2 unspecified atom stereocenters. The van der Waals surface area contributed by atoms with E-state index in [1.807, 2.05) is 6.07 Å². The van der Waals surface area contributed by atoms with E-state index in [9.17, 15) is 0 Å². The Morgan fingerprint density at radius 2 is 2.00 bits per heavy atom. The average molecular weight is 220 g/mol. The Bertz CT molecular complexity index is 340. The van der Waals surface area contributed by atoms with E-state index >= 15 is 0 Å². The quantitative estimate of drug-likeness (QED) is 0.772. The van der Waals surface area contributed by atoms with Crippen LogP contribution in [0.1, 0.15) is 26.7 Å². The minimum absolute atomic E-state index is 0.835. The number of rotatable bonds is 6. The first-order valence-corrected chi connectivity index (χ1v) is 6.09. The van der Waals surface area contributed by atoms with E-state index in [1.54, 1.807) is 6.33 Å². The second kappa shape index (κ2) is 5.14. The number of aromatic nitrogens is 2. The highest BCUT2D eigenvalue weighted by Gasteiger charge is 2.31. The Labute approximate surface area is 96.9 Å². The molecule has 0 radical (unpaired) electrons. The van der Waals surface area contributed by atoms with Crippen molar-refractivity contribution < 1.29 is 0 Å². The summed E-state index contributed by atoms with van der Waals surface area (Å²) in [6, 6.07) is 1.97. The van der Waals surface area contributed by atoms with Gasteiger partial charge in [-0.15, -0.1) is 0 Å². The highest BCUT2D eigenvalue weighted by molar-refractivity contribution is 5.46. The summed E-state index contributed by atoms with van der Waals surface area (Å²) in [6.07, 6.45) is 4.06. The molecular formula is C12H20N4. The first-order chi connectivity index (χ1) is 7.79. The van der Waals surface area contributed by atoms with Gasteiger partial charge in [-0.25, -0.2) is 9.97 Å². The van der Waals surface area contributed by atoms with Crippen LogP contribution in [0.15, 0.2) is 12.4 Å². The first kappa shape index (κ1) is 11.2. The molecule has 4 nitrogen and oxygen atoms in total. The van der Waals surface area contributed by atoms with Crippen molar-refractivity contribution in [2.75, 3.05) is 23.7 Å². The summed E-state index contributed by atoms with van der Waals surface area (Å²) < 4.78 is 0. The largest absolute Gasteiger partial charge is 0.370 e. The van der Waals surface area contributed by atoms with Crippen LogP contribution in [0.3, 0.4) is 0 Å². The normalized spacial score (nSPS) is 22.9. The van der Waals surface area contributed by atoms with E-state index in [-0.39, 0.29) is 0 Å². The first-order valence-electron chi connectivity index (χ1n) is 6.09. The van der Waals surface area contributed by atoms with Crippen LogP contribution >= 0.6 is 0 Å². The van der Waals surface area contributed by atoms with Crippen LogP contribution < -0.4 is 10.6 Å². The Balaban J connectivity index is 1.83. The Morgan fingerprint density at radius 1 is 1.31 bits per heavy atom. The Morgan fingerprint density at radius 3 is 2.62 bits per heavy atom. The maximum absolute atomic E-state index is 4.21. The van der Waals surface area contributed by atoms with Gasteiger partial charge in [0, 0.05) is 19.2 Å². The standard InChI is InChI=1S/C12H20N4/c1-3-4-13-11-6-12(16-8-15-11)14-7-10-5-9(10)2/h6,8-10H,3-5,7H2,1-2H3,(H2,13,14,15,16). The molecule has 0 saturated heterocycles. The summed E-state index contributed by atoms with van der Waals surface area (Å²) >= 11 is 0. The summed E-state index contributed by atoms with van der Waals surface area (Å²) in [5.41, 5.74) is 0. The van der Waals surface area contributed by atoms with Gasteiger partial charge in [0.2, 0.25) is 0 Å². The smallest absolute Gasteiger partial charge is 0.131 e. The third-order valence-electron chi connectivity index (χ3n) is 3.04. The summed E-state index contributed by atoms with van der Waals surface area (Å²) in [7, 11) is 0. The summed E-state index contributed by atoms with van der Waals surface area (Å²) in [4.78, 5) is 8.38. The summed E-state index contributed by atoms with van der Waals surface area (Å²) in [5, 5.41) is 6.62. The van der Waals surface area contributed by atoms with Crippen molar-refractivity contribution in [3.63, 3.8) is 0 Å². The van der Waals surface area contributed by atoms with E-state index in [1.165, 1.54) is 6.42 Å². The van der Waals surface area contributed by atoms with Crippen LogP contribution in [0, 0.1) is 11.8 Å². The van der Waals surface area contributed by atoms with E-state index in [0.29, 0.717) is 0 Å². The molecule has 4 heteroatoms. The number of hydrogen-bond donors (Lipinski definition) is 2. The van der Waals surface area contributed by atoms with Gasteiger partial charge in [-0.05, 0) is 24.7 Å². The van der Waals surface area contributed by atoms with Gasteiger partial charge in [0.05, 0.1) is 0 Å². The van der Waals surface area contributed by atoms with Crippen molar-refractivity contribution >= 4 is 11.6 Å². The van der Waals surface area contributed by atoms with Crippen molar-refractivity contribution in [1.82, 2.24) is 9.97 Å². The minimum Gasteiger partial charge on any atom is -0.370 e. The fourth-order valence-electron chi connectivity index (χ4n) is 1.72. The van der Waals surface area contributed by atoms with E-state index < -0.39 is 0 Å². The minimum atomic E-state index is 0.835. The molecule has 2 atom stereocenters. The molecule has 1 aromatic rings. The molecular weight excluding hydrogens is 200 g/mol. The lowest BCUT2D eigenvalue weighted by Crippen LogP contribution is -2.08. The lowest BCUT2D eigenvalue weighted by atomic mass is 10.3. The molecule has 0 amide bonds. The molecule has 16 heavy (non-hydrogen) atoms. The van der Waals surface area contributed by atoms with Crippen LogP contribution in [0.5, 0.6) is 0 Å². The van der Waals surface area contributed by atoms with Gasteiger partial charge < -0.3 is 10.6 Å². The molecule has 0 spiro atoms. The van der Waals surface area contributed by atoms with Gasteiger partial charge in [0.25, 0.3) is 0 Å². The van der Waals surface area contributed by atoms with Crippen molar-refractivity contribution in [3.05, 3.63) is 12.4 Å². The fraction of sp³-hybridized carbons (Fsp3) is 0.667. The van der Waals surface area contributed by atoms with E-state index in [4.69, 9.17) is 0 Å². The van der Waals surface area contributed by atoms with Crippen LogP contribution in [-0.4, -0.2) is 23.1 Å². The molecule has 1 aromatic heterocycles. The Kier molecular flexibility index (Phi) is 3.59. The molecule has 1 fully saturated rings. The molecule has 0 aromatic carbocycles. The molecule has 1 heterocycles. The molecule has 2 rings (SSSR count). The van der Waals surface area contributed by atoms with Gasteiger partial charge in [-0.2, -0.15) is 0 Å². The lowest BCUT2D eigenvalue weighted by Gasteiger charge is -2.07. The van der Waals surface area contributed by atoms with Crippen molar-refractivity contribution in [1.29, 1.82) is 0 Å². The van der Waals surface area contributed by atoms with Gasteiger partial charge in [-0.1, -0.05) is 13.8 Å². The van der Waals surface area contributed by atoms with Crippen LogP contribution in [0.2, 0.25) is 0 Å². The molecule has 0 aliphatic heterocycles. The zero-order valence-corrected chi connectivity index (χ0v) is 10.0. The van der Waals surface area contributed by atoms with Crippen LogP contribution in [0.4, 0.5) is 11.6 Å². The van der Waals surface area contributed by atoms with E-state index in [0.717, 1.165) is 43.0 Å². The monoisotopic (exact) mass is 220 g/mol. The average Bonchev–Trinajstić information content (AvgIpc) is 3.01. The molecule has 88 valence electrons. The van der Waals surface area contributed by atoms with Gasteiger partial charge in [-0.3, -0.25) is 0 Å². The third-order valence-corrected chi connectivity index (χ3v) is 3.04. The third kappa shape index (κ3) is 3.08. The van der Waals surface area contributed by atoms with Crippen LogP contribution in [0.25, 0.3) is 0 Å². The molecule has 1 aliphatic carbocycles. The van der Waals surface area contributed by atoms with Crippen LogP contribution in [-0.2, 0) is 0 Å². The Hall–Kier alpha value is -1.32. The molecule has 0 bridgehead atoms. The van der Waals surface area contributed by atoms with Crippen molar-refractivity contribution in [2.24, 2.45) is 11.8 Å². The second-order valence-corrected chi connectivity index (χ2v) is 4.57. The maximum Gasteiger partial charge on any atom is 0.131 e. The molecule has 1 aliphatic rings. The van der Waals surface area contributed by atoms with Gasteiger partial charge in [0.15, 0.2) is 0 Å². The van der Waals surface area contributed by atoms with Gasteiger partial charge in [0.1, 0.15) is 18.0 Å². The second-order valence-electron chi connectivity index (χ2n) is 4.57. The predicted molar refractivity (Wildman–Crippen MR) is 66.6 cm³/mol. The fourth-order valence-corrected chi connectivity index (χ4v) is 1.72. The lowest BCUT2D eigenvalue weighted by molar-refractivity contribution is 0.784.